The number of rotatable bonds is 3. The maximum Gasteiger partial charge on any atom is 0.171 e. The molecule has 0 aromatic carbocycles. The van der Waals surface area contributed by atoms with E-state index in [0.29, 0.717) is 11.7 Å². The molecule has 2 N–H and O–H groups in total. The number of thiophene rings is 1. The van der Waals surface area contributed by atoms with Gasteiger partial charge in [-0.2, -0.15) is 0 Å². The first-order valence-corrected chi connectivity index (χ1v) is 7.47. The zero-order chi connectivity index (χ0) is 13.3. The highest BCUT2D eigenvalue weighted by Crippen LogP contribution is 2.30. The summed E-state index contributed by atoms with van der Waals surface area (Å²) in [7, 11) is 0. The minimum Gasteiger partial charge on any atom is -0.383 e. The fourth-order valence-corrected chi connectivity index (χ4v) is 2.84. The monoisotopic (exact) mass is 325 g/mol. The van der Waals surface area contributed by atoms with E-state index in [2.05, 4.69) is 52.7 Å². The molecule has 0 saturated carbocycles. The fourth-order valence-electron chi connectivity index (χ4n) is 1.70. The molecule has 0 aliphatic carbocycles. The van der Waals surface area contributed by atoms with E-state index in [1.165, 1.54) is 4.88 Å². The standard InChI is InChI=1S/C13H16BrN3S/c1-7(2)6-9-11(14)12(15)17-13(16-9)10-5-4-8(3)18-10/h4-5,7H,6H2,1-3H3,(H2,15,16,17). The molecule has 0 aliphatic rings. The molecule has 18 heavy (non-hydrogen) atoms. The summed E-state index contributed by atoms with van der Waals surface area (Å²) in [5.74, 6) is 1.78. The summed E-state index contributed by atoms with van der Waals surface area (Å²) in [5, 5.41) is 0. The van der Waals surface area contributed by atoms with E-state index < -0.39 is 0 Å². The first-order chi connectivity index (χ1) is 8.47. The maximum atomic E-state index is 5.95. The van der Waals surface area contributed by atoms with Crippen LogP contribution >= 0.6 is 27.3 Å². The molecule has 2 heterocycles. The Morgan fingerprint density at radius 3 is 2.61 bits per heavy atom. The van der Waals surface area contributed by atoms with Crippen LogP contribution in [0.1, 0.15) is 24.4 Å². The summed E-state index contributed by atoms with van der Waals surface area (Å²) in [6.07, 6.45) is 0.894. The molecule has 0 fully saturated rings. The zero-order valence-electron chi connectivity index (χ0n) is 10.7. The van der Waals surface area contributed by atoms with Crippen LogP contribution in [-0.2, 0) is 6.42 Å². The molecule has 0 spiro atoms. The van der Waals surface area contributed by atoms with Crippen molar-refractivity contribution in [1.82, 2.24) is 9.97 Å². The van der Waals surface area contributed by atoms with Crippen LogP contribution in [0.25, 0.3) is 10.7 Å². The van der Waals surface area contributed by atoms with Crippen molar-refractivity contribution in [3.8, 4) is 10.7 Å². The van der Waals surface area contributed by atoms with E-state index in [1.807, 2.05) is 6.07 Å². The Bertz CT molecular complexity index is 563. The Hall–Kier alpha value is -0.940. The van der Waals surface area contributed by atoms with Gasteiger partial charge in [0.1, 0.15) is 5.82 Å². The minimum absolute atomic E-state index is 0.515. The highest BCUT2D eigenvalue weighted by molar-refractivity contribution is 9.10. The minimum atomic E-state index is 0.515. The van der Waals surface area contributed by atoms with Gasteiger partial charge in [0.2, 0.25) is 0 Å². The Kier molecular flexibility index (Phi) is 4.02. The molecule has 3 nitrogen and oxygen atoms in total. The molecule has 0 atom stereocenters. The topological polar surface area (TPSA) is 51.8 Å². The third-order valence-corrected chi connectivity index (χ3v) is 4.37. The van der Waals surface area contributed by atoms with Gasteiger partial charge in [-0.1, -0.05) is 13.8 Å². The van der Waals surface area contributed by atoms with Crippen molar-refractivity contribution < 1.29 is 0 Å². The van der Waals surface area contributed by atoms with Crippen molar-refractivity contribution >= 4 is 33.1 Å². The van der Waals surface area contributed by atoms with Gasteiger partial charge >= 0.3 is 0 Å². The largest absolute Gasteiger partial charge is 0.383 e. The summed E-state index contributed by atoms with van der Waals surface area (Å²) < 4.78 is 0.827. The van der Waals surface area contributed by atoms with E-state index in [1.54, 1.807) is 11.3 Å². The number of nitrogens with two attached hydrogens (primary N) is 1. The second kappa shape index (κ2) is 5.36. The summed E-state index contributed by atoms with van der Waals surface area (Å²) in [6, 6.07) is 4.12. The van der Waals surface area contributed by atoms with Crippen molar-refractivity contribution in [3.05, 3.63) is 27.2 Å². The highest BCUT2D eigenvalue weighted by atomic mass is 79.9. The van der Waals surface area contributed by atoms with Gasteiger partial charge in [0.15, 0.2) is 5.82 Å². The predicted molar refractivity (Wildman–Crippen MR) is 80.7 cm³/mol. The van der Waals surface area contributed by atoms with Gasteiger partial charge < -0.3 is 5.73 Å². The quantitative estimate of drug-likeness (QED) is 0.925. The average molecular weight is 326 g/mol. The second-order valence-corrected chi connectivity index (χ2v) is 6.78. The molecule has 5 heteroatoms. The highest BCUT2D eigenvalue weighted by Gasteiger charge is 2.13. The van der Waals surface area contributed by atoms with E-state index >= 15 is 0 Å². The van der Waals surface area contributed by atoms with Gasteiger partial charge in [0.25, 0.3) is 0 Å². The van der Waals surface area contributed by atoms with Crippen molar-refractivity contribution in [2.75, 3.05) is 5.73 Å². The molecule has 0 saturated heterocycles. The first kappa shape index (κ1) is 13.5. The van der Waals surface area contributed by atoms with E-state index in [0.717, 1.165) is 27.3 Å². The van der Waals surface area contributed by atoms with Crippen molar-refractivity contribution in [2.24, 2.45) is 5.92 Å². The summed E-state index contributed by atoms with van der Waals surface area (Å²) in [6.45, 7) is 6.41. The molecule has 0 bridgehead atoms. The van der Waals surface area contributed by atoms with Crippen molar-refractivity contribution in [3.63, 3.8) is 0 Å². The fraction of sp³-hybridized carbons (Fsp3) is 0.385. The van der Waals surface area contributed by atoms with Crippen LogP contribution < -0.4 is 5.73 Å². The number of halogens is 1. The molecule has 0 unspecified atom stereocenters. The Morgan fingerprint density at radius 1 is 1.33 bits per heavy atom. The number of hydrogen-bond acceptors (Lipinski definition) is 4. The van der Waals surface area contributed by atoms with Gasteiger partial charge in [0.05, 0.1) is 15.0 Å². The Morgan fingerprint density at radius 2 is 2.06 bits per heavy atom. The smallest absolute Gasteiger partial charge is 0.171 e. The van der Waals surface area contributed by atoms with E-state index in [9.17, 15) is 0 Å². The molecular weight excluding hydrogens is 310 g/mol. The van der Waals surface area contributed by atoms with E-state index in [4.69, 9.17) is 5.73 Å². The molecular formula is C13H16BrN3S. The van der Waals surface area contributed by atoms with Crippen LogP contribution in [-0.4, -0.2) is 9.97 Å². The van der Waals surface area contributed by atoms with Crippen LogP contribution in [0.4, 0.5) is 5.82 Å². The average Bonchev–Trinajstić information content (AvgIpc) is 2.70. The lowest BCUT2D eigenvalue weighted by Crippen LogP contribution is -2.05. The third-order valence-electron chi connectivity index (χ3n) is 2.51. The summed E-state index contributed by atoms with van der Waals surface area (Å²) >= 11 is 5.16. The predicted octanol–water partition coefficient (Wildman–Crippen LogP) is 4.06. The summed E-state index contributed by atoms with van der Waals surface area (Å²) in [5.41, 5.74) is 6.93. The van der Waals surface area contributed by atoms with Crippen LogP contribution in [0.3, 0.4) is 0 Å². The van der Waals surface area contributed by atoms with Crippen molar-refractivity contribution in [2.45, 2.75) is 27.2 Å². The SMILES string of the molecule is Cc1ccc(-c2nc(N)c(Br)c(CC(C)C)n2)s1. The van der Waals surface area contributed by atoms with E-state index in [-0.39, 0.29) is 0 Å². The molecule has 96 valence electrons. The van der Waals surface area contributed by atoms with Crippen LogP contribution in [0.5, 0.6) is 0 Å². The Balaban J connectivity index is 2.46. The second-order valence-electron chi connectivity index (χ2n) is 4.70. The van der Waals surface area contributed by atoms with Crippen molar-refractivity contribution in [1.29, 1.82) is 0 Å². The molecule has 2 aromatic heterocycles. The van der Waals surface area contributed by atoms with Gasteiger partial charge in [-0.15, -0.1) is 11.3 Å². The molecule has 2 rings (SSSR count). The van der Waals surface area contributed by atoms with Gasteiger partial charge in [-0.05, 0) is 47.3 Å². The summed E-state index contributed by atoms with van der Waals surface area (Å²) in [4.78, 5) is 11.3. The number of nitrogens with zero attached hydrogens (tertiary/aromatic N) is 2. The zero-order valence-corrected chi connectivity index (χ0v) is 13.1. The van der Waals surface area contributed by atoms with Crippen LogP contribution in [0.15, 0.2) is 16.6 Å². The van der Waals surface area contributed by atoms with Gasteiger partial charge in [-0.25, -0.2) is 9.97 Å². The third kappa shape index (κ3) is 2.90. The van der Waals surface area contributed by atoms with Gasteiger partial charge in [-0.3, -0.25) is 0 Å². The number of nitrogen functional groups attached to an aromatic ring is 1. The molecule has 2 aromatic rings. The number of hydrogen-bond donors (Lipinski definition) is 1. The van der Waals surface area contributed by atoms with Crippen LogP contribution in [0, 0.1) is 12.8 Å². The molecule has 0 amide bonds. The van der Waals surface area contributed by atoms with Gasteiger partial charge in [0, 0.05) is 4.88 Å². The lowest BCUT2D eigenvalue weighted by atomic mass is 10.1. The number of aromatic nitrogens is 2. The maximum absolute atomic E-state index is 5.95. The number of aryl methyl sites for hydroxylation is 1. The molecule has 0 radical (unpaired) electrons. The first-order valence-electron chi connectivity index (χ1n) is 5.86. The normalized spacial score (nSPS) is 11.2. The number of anilines is 1. The Labute approximate surface area is 120 Å². The lowest BCUT2D eigenvalue weighted by molar-refractivity contribution is 0.633. The van der Waals surface area contributed by atoms with Crippen LogP contribution in [0.2, 0.25) is 0 Å². The molecule has 0 aliphatic heterocycles. The lowest BCUT2D eigenvalue weighted by Gasteiger charge is -2.09.